The van der Waals surface area contributed by atoms with E-state index in [2.05, 4.69) is 15.6 Å². The molecule has 9 heteroatoms. The van der Waals surface area contributed by atoms with Crippen molar-refractivity contribution in [1.29, 1.82) is 0 Å². The molecule has 4 aromatic rings. The number of nitrogens with zero attached hydrogens (tertiary/aromatic N) is 1. The zero-order valence-electron chi connectivity index (χ0n) is 16.1. The second-order valence-corrected chi connectivity index (χ2v) is 8.64. The minimum Gasteiger partial charge on any atom is -0.495 e. The van der Waals surface area contributed by atoms with Gasteiger partial charge < -0.3 is 10.1 Å². The number of methoxy groups -OCH3 is 1. The van der Waals surface area contributed by atoms with Gasteiger partial charge in [-0.05, 0) is 54.7 Å². The first-order chi connectivity index (χ1) is 15.0. The number of anilines is 1. The number of para-hydroxylation sites is 1. The van der Waals surface area contributed by atoms with Gasteiger partial charge in [0, 0.05) is 5.56 Å². The number of aromatic nitrogens is 1. The summed E-state index contributed by atoms with van der Waals surface area (Å²) >= 11 is 19.0. The highest BCUT2D eigenvalue weighted by molar-refractivity contribution is 7.80. The van der Waals surface area contributed by atoms with E-state index >= 15 is 0 Å². The second kappa shape index (κ2) is 9.20. The van der Waals surface area contributed by atoms with Gasteiger partial charge in [-0.25, -0.2) is 4.98 Å². The molecule has 1 aromatic heterocycles. The summed E-state index contributed by atoms with van der Waals surface area (Å²) in [6.07, 6.45) is 0. The summed E-state index contributed by atoms with van der Waals surface area (Å²) in [5, 5.41) is 7.05. The van der Waals surface area contributed by atoms with Crippen molar-refractivity contribution >= 4 is 73.7 Å². The SMILES string of the molecule is COc1ccc(-c2nc3ccccc3s2)cc1NC(=S)NC(=O)c1cccc(Cl)c1Cl. The van der Waals surface area contributed by atoms with E-state index in [-0.39, 0.29) is 15.7 Å². The largest absolute Gasteiger partial charge is 0.495 e. The Bertz CT molecular complexity index is 1270. The fourth-order valence-corrected chi connectivity index (χ4v) is 4.49. The first-order valence-electron chi connectivity index (χ1n) is 9.06. The molecule has 1 heterocycles. The zero-order chi connectivity index (χ0) is 22.0. The van der Waals surface area contributed by atoms with Crippen LogP contribution in [0.4, 0.5) is 5.69 Å². The molecule has 0 spiro atoms. The van der Waals surface area contributed by atoms with E-state index in [4.69, 9.17) is 40.2 Å². The third-order valence-corrected chi connectivity index (χ3v) is 6.52. The van der Waals surface area contributed by atoms with Gasteiger partial charge in [0.2, 0.25) is 0 Å². The molecule has 4 rings (SSSR count). The molecule has 0 saturated carbocycles. The van der Waals surface area contributed by atoms with Crippen molar-refractivity contribution in [2.45, 2.75) is 0 Å². The highest BCUT2D eigenvalue weighted by Crippen LogP contribution is 2.35. The quantitative estimate of drug-likeness (QED) is 0.325. The van der Waals surface area contributed by atoms with E-state index in [0.717, 1.165) is 20.8 Å². The van der Waals surface area contributed by atoms with Crippen LogP contribution < -0.4 is 15.4 Å². The standard InChI is InChI=1S/C22H15Cl2N3O2S2/c1-29-17-10-9-12(21-25-15-7-2-3-8-18(15)31-21)11-16(17)26-22(30)27-20(28)13-5-4-6-14(23)19(13)24/h2-11H,1H3,(H2,26,27,28,30). The molecule has 0 atom stereocenters. The summed E-state index contributed by atoms with van der Waals surface area (Å²) in [5.41, 5.74) is 2.67. The molecule has 2 N–H and O–H groups in total. The van der Waals surface area contributed by atoms with Crippen LogP contribution >= 0.6 is 46.8 Å². The van der Waals surface area contributed by atoms with Crippen LogP contribution in [0.15, 0.2) is 60.7 Å². The van der Waals surface area contributed by atoms with E-state index in [1.807, 2.05) is 42.5 Å². The molecule has 0 aliphatic rings. The van der Waals surface area contributed by atoms with Crippen LogP contribution in [0.25, 0.3) is 20.8 Å². The van der Waals surface area contributed by atoms with Gasteiger partial charge in [-0.15, -0.1) is 11.3 Å². The summed E-state index contributed by atoms with van der Waals surface area (Å²) in [7, 11) is 1.56. The van der Waals surface area contributed by atoms with Crippen molar-refractivity contribution in [3.05, 3.63) is 76.3 Å². The highest BCUT2D eigenvalue weighted by Gasteiger charge is 2.16. The third kappa shape index (κ3) is 4.65. The van der Waals surface area contributed by atoms with Crippen LogP contribution in [0.1, 0.15) is 10.4 Å². The Kier molecular flexibility index (Phi) is 6.38. The molecular weight excluding hydrogens is 473 g/mol. The molecule has 0 radical (unpaired) electrons. The highest BCUT2D eigenvalue weighted by atomic mass is 35.5. The molecule has 5 nitrogen and oxygen atoms in total. The van der Waals surface area contributed by atoms with Crippen molar-refractivity contribution in [3.8, 4) is 16.3 Å². The normalized spacial score (nSPS) is 10.7. The first kappa shape index (κ1) is 21.5. The number of thiazole rings is 1. The molecule has 0 aliphatic carbocycles. The lowest BCUT2D eigenvalue weighted by molar-refractivity contribution is 0.0978. The maximum Gasteiger partial charge on any atom is 0.258 e. The molecule has 0 unspecified atom stereocenters. The molecule has 0 aliphatic heterocycles. The topological polar surface area (TPSA) is 63.2 Å². The molecular formula is C22H15Cl2N3O2S2. The van der Waals surface area contributed by atoms with Gasteiger partial charge in [0.1, 0.15) is 10.8 Å². The molecule has 3 aromatic carbocycles. The number of hydrogen-bond acceptors (Lipinski definition) is 5. The summed E-state index contributed by atoms with van der Waals surface area (Å²) in [6, 6.07) is 18.4. The van der Waals surface area contributed by atoms with Crippen LogP contribution in [0.3, 0.4) is 0 Å². The lowest BCUT2D eigenvalue weighted by Crippen LogP contribution is -2.34. The predicted molar refractivity (Wildman–Crippen MR) is 132 cm³/mol. The fraction of sp³-hybridized carbons (Fsp3) is 0.0455. The van der Waals surface area contributed by atoms with E-state index in [1.165, 1.54) is 0 Å². The minimum atomic E-state index is -0.466. The monoisotopic (exact) mass is 487 g/mol. The fourth-order valence-electron chi connectivity index (χ4n) is 2.94. The van der Waals surface area contributed by atoms with E-state index < -0.39 is 5.91 Å². The van der Waals surface area contributed by atoms with Crippen molar-refractivity contribution in [2.75, 3.05) is 12.4 Å². The molecule has 0 fully saturated rings. The smallest absolute Gasteiger partial charge is 0.258 e. The summed E-state index contributed by atoms with van der Waals surface area (Å²) in [4.78, 5) is 17.2. The number of hydrogen-bond donors (Lipinski definition) is 2. The van der Waals surface area contributed by atoms with Gasteiger partial charge in [0.05, 0.1) is 38.6 Å². The maximum atomic E-state index is 12.5. The molecule has 1 amide bonds. The summed E-state index contributed by atoms with van der Waals surface area (Å²) in [6.45, 7) is 0. The Balaban J connectivity index is 1.57. The number of ether oxygens (including phenoxy) is 1. The number of amides is 1. The molecule has 0 saturated heterocycles. The van der Waals surface area contributed by atoms with Crippen molar-refractivity contribution < 1.29 is 9.53 Å². The third-order valence-electron chi connectivity index (χ3n) is 4.41. The number of carbonyl (C=O) groups excluding carboxylic acids is 1. The number of fused-ring (bicyclic) bond motifs is 1. The summed E-state index contributed by atoms with van der Waals surface area (Å²) in [5.74, 6) is 0.105. The number of carbonyl (C=O) groups is 1. The lowest BCUT2D eigenvalue weighted by Gasteiger charge is -2.14. The van der Waals surface area contributed by atoms with Crippen molar-refractivity contribution in [2.24, 2.45) is 0 Å². The zero-order valence-corrected chi connectivity index (χ0v) is 19.3. The second-order valence-electron chi connectivity index (χ2n) is 6.41. The molecule has 31 heavy (non-hydrogen) atoms. The number of nitrogens with one attached hydrogen (secondary N) is 2. The van der Waals surface area contributed by atoms with Crippen molar-refractivity contribution in [1.82, 2.24) is 10.3 Å². The van der Waals surface area contributed by atoms with Gasteiger partial charge in [-0.2, -0.15) is 0 Å². The van der Waals surface area contributed by atoms with E-state index in [9.17, 15) is 4.79 Å². The van der Waals surface area contributed by atoms with Gasteiger partial charge in [-0.1, -0.05) is 41.4 Å². The van der Waals surface area contributed by atoms with E-state index in [1.54, 1.807) is 36.6 Å². The Labute approximate surface area is 198 Å². The van der Waals surface area contributed by atoms with Gasteiger partial charge in [0.25, 0.3) is 5.91 Å². The van der Waals surface area contributed by atoms with Crippen LogP contribution in [0, 0.1) is 0 Å². The van der Waals surface area contributed by atoms with Crippen LogP contribution in [0.2, 0.25) is 10.0 Å². The Hall–Kier alpha value is -2.71. The number of benzene rings is 3. The van der Waals surface area contributed by atoms with Gasteiger partial charge in [0.15, 0.2) is 5.11 Å². The summed E-state index contributed by atoms with van der Waals surface area (Å²) < 4.78 is 6.53. The minimum absolute atomic E-state index is 0.0980. The number of halogens is 2. The number of thiocarbonyl (C=S) groups is 1. The van der Waals surface area contributed by atoms with Gasteiger partial charge in [-0.3, -0.25) is 10.1 Å². The lowest BCUT2D eigenvalue weighted by atomic mass is 10.2. The van der Waals surface area contributed by atoms with E-state index in [0.29, 0.717) is 16.5 Å². The Morgan fingerprint density at radius 3 is 2.68 bits per heavy atom. The number of rotatable bonds is 4. The van der Waals surface area contributed by atoms with Crippen LogP contribution in [-0.4, -0.2) is 23.1 Å². The average Bonchev–Trinajstić information content (AvgIpc) is 3.19. The Morgan fingerprint density at radius 1 is 1.10 bits per heavy atom. The van der Waals surface area contributed by atoms with Crippen molar-refractivity contribution in [3.63, 3.8) is 0 Å². The maximum absolute atomic E-state index is 12.5. The molecule has 156 valence electrons. The first-order valence-corrected chi connectivity index (χ1v) is 11.0. The predicted octanol–water partition coefficient (Wildman–Crippen LogP) is 6.41. The average molecular weight is 488 g/mol. The van der Waals surface area contributed by atoms with Gasteiger partial charge >= 0.3 is 0 Å². The Morgan fingerprint density at radius 2 is 1.90 bits per heavy atom. The van der Waals surface area contributed by atoms with Crippen LogP contribution in [0.5, 0.6) is 5.75 Å². The van der Waals surface area contributed by atoms with Crippen LogP contribution in [-0.2, 0) is 0 Å². The molecule has 0 bridgehead atoms.